The summed E-state index contributed by atoms with van der Waals surface area (Å²) in [6.07, 6.45) is 5.36. The van der Waals surface area contributed by atoms with E-state index in [2.05, 4.69) is 0 Å². The fraction of sp³-hybridized carbons (Fsp3) is 0.444. The summed E-state index contributed by atoms with van der Waals surface area (Å²) < 4.78 is 4.81. The van der Waals surface area contributed by atoms with Crippen molar-refractivity contribution in [2.75, 3.05) is 0 Å². The molecule has 1 aliphatic carbocycles. The maximum atomic E-state index is 11.4. The van der Waals surface area contributed by atoms with Gasteiger partial charge < -0.3 is 10.2 Å². The van der Waals surface area contributed by atoms with Crippen molar-refractivity contribution in [1.82, 2.24) is 0 Å². The Hall–Kier alpha value is -1.09. The molecule has 0 amide bonds. The van der Waals surface area contributed by atoms with E-state index in [9.17, 15) is 4.79 Å². The highest BCUT2D eigenvalue weighted by atomic mass is 16.3. The Morgan fingerprint density at radius 2 is 2.42 bits per heavy atom. The van der Waals surface area contributed by atoms with Gasteiger partial charge in [-0.2, -0.15) is 0 Å². The third-order valence-electron chi connectivity index (χ3n) is 2.25. The SMILES string of the molecule is NC1(CC(=O)c2ccoc2)CC1. The predicted octanol–water partition coefficient (Wildman–Crippen LogP) is 1.34. The quantitative estimate of drug-likeness (QED) is 0.687. The second kappa shape index (κ2) is 2.45. The molecule has 0 saturated heterocycles. The van der Waals surface area contributed by atoms with Crippen LogP contribution in [0.5, 0.6) is 0 Å². The van der Waals surface area contributed by atoms with Crippen LogP contribution in [0.4, 0.5) is 0 Å². The Balaban J connectivity index is 2.02. The van der Waals surface area contributed by atoms with Gasteiger partial charge in [-0.25, -0.2) is 0 Å². The molecule has 0 unspecified atom stereocenters. The van der Waals surface area contributed by atoms with E-state index in [1.54, 1.807) is 6.07 Å². The van der Waals surface area contributed by atoms with Gasteiger partial charge in [-0.1, -0.05) is 0 Å². The molecule has 12 heavy (non-hydrogen) atoms. The summed E-state index contributed by atoms with van der Waals surface area (Å²) in [5, 5.41) is 0. The van der Waals surface area contributed by atoms with E-state index in [0.717, 1.165) is 12.8 Å². The molecular weight excluding hydrogens is 154 g/mol. The van der Waals surface area contributed by atoms with E-state index in [-0.39, 0.29) is 11.3 Å². The van der Waals surface area contributed by atoms with Gasteiger partial charge in [0.05, 0.1) is 11.8 Å². The van der Waals surface area contributed by atoms with Gasteiger partial charge in [0.1, 0.15) is 6.26 Å². The molecule has 0 bridgehead atoms. The van der Waals surface area contributed by atoms with E-state index >= 15 is 0 Å². The maximum Gasteiger partial charge on any atom is 0.167 e. The normalized spacial score (nSPS) is 19.1. The molecule has 0 aliphatic heterocycles. The van der Waals surface area contributed by atoms with Gasteiger partial charge >= 0.3 is 0 Å². The summed E-state index contributed by atoms with van der Waals surface area (Å²) in [5.41, 5.74) is 6.23. The van der Waals surface area contributed by atoms with Gasteiger partial charge in [0.25, 0.3) is 0 Å². The number of Topliss-reactive ketones (excluding diaryl/α,β-unsaturated/α-hetero) is 1. The predicted molar refractivity (Wildman–Crippen MR) is 43.8 cm³/mol. The van der Waals surface area contributed by atoms with Gasteiger partial charge in [0.15, 0.2) is 5.78 Å². The second-order valence-corrected chi connectivity index (χ2v) is 3.47. The average Bonchev–Trinajstić information content (AvgIpc) is 2.55. The van der Waals surface area contributed by atoms with Crippen molar-refractivity contribution in [1.29, 1.82) is 0 Å². The topological polar surface area (TPSA) is 56.2 Å². The number of nitrogens with two attached hydrogens (primary N) is 1. The monoisotopic (exact) mass is 165 g/mol. The Morgan fingerprint density at radius 3 is 2.92 bits per heavy atom. The third-order valence-corrected chi connectivity index (χ3v) is 2.25. The van der Waals surface area contributed by atoms with E-state index in [0.29, 0.717) is 12.0 Å². The first kappa shape index (κ1) is 7.55. The van der Waals surface area contributed by atoms with Crippen LogP contribution in [0.3, 0.4) is 0 Å². The molecule has 1 heterocycles. The van der Waals surface area contributed by atoms with Crippen molar-refractivity contribution in [2.45, 2.75) is 24.8 Å². The lowest BCUT2D eigenvalue weighted by Crippen LogP contribution is -2.25. The van der Waals surface area contributed by atoms with Crippen LogP contribution in [0.15, 0.2) is 23.0 Å². The summed E-state index contributed by atoms with van der Waals surface area (Å²) in [4.78, 5) is 11.4. The number of rotatable bonds is 3. The molecule has 0 aromatic carbocycles. The minimum absolute atomic E-state index is 0.0868. The second-order valence-electron chi connectivity index (χ2n) is 3.47. The molecule has 1 saturated carbocycles. The van der Waals surface area contributed by atoms with Crippen molar-refractivity contribution in [3.8, 4) is 0 Å². The van der Waals surface area contributed by atoms with E-state index in [4.69, 9.17) is 10.2 Å². The standard InChI is InChI=1S/C9H11NO2/c10-9(2-3-9)5-8(11)7-1-4-12-6-7/h1,4,6H,2-3,5,10H2. The van der Waals surface area contributed by atoms with Crippen molar-refractivity contribution in [3.63, 3.8) is 0 Å². The summed E-state index contributed by atoms with van der Waals surface area (Å²) in [6, 6.07) is 1.67. The zero-order chi connectivity index (χ0) is 8.60. The van der Waals surface area contributed by atoms with E-state index < -0.39 is 0 Å². The average molecular weight is 165 g/mol. The number of ketones is 1. The Bertz CT molecular complexity index is 285. The van der Waals surface area contributed by atoms with E-state index in [1.165, 1.54) is 12.5 Å². The lowest BCUT2D eigenvalue weighted by molar-refractivity contribution is 0.0970. The van der Waals surface area contributed by atoms with Crippen molar-refractivity contribution in [3.05, 3.63) is 24.2 Å². The smallest absolute Gasteiger partial charge is 0.167 e. The highest BCUT2D eigenvalue weighted by Gasteiger charge is 2.40. The zero-order valence-electron chi connectivity index (χ0n) is 6.75. The fourth-order valence-corrected chi connectivity index (χ4v) is 1.18. The largest absolute Gasteiger partial charge is 0.472 e. The highest BCUT2D eigenvalue weighted by molar-refractivity contribution is 5.96. The number of furan rings is 1. The van der Waals surface area contributed by atoms with Gasteiger partial charge in [0.2, 0.25) is 0 Å². The lowest BCUT2D eigenvalue weighted by atomic mass is 10.1. The summed E-state index contributed by atoms with van der Waals surface area (Å²) in [7, 11) is 0. The fourth-order valence-electron chi connectivity index (χ4n) is 1.18. The summed E-state index contributed by atoms with van der Waals surface area (Å²) in [5.74, 6) is 0.0868. The van der Waals surface area contributed by atoms with Gasteiger partial charge in [-0.3, -0.25) is 4.79 Å². The number of hydrogen-bond donors (Lipinski definition) is 1. The molecule has 64 valence electrons. The maximum absolute atomic E-state index is 11.4. The zero-order valence-corrected chi connectivity index (χ0v) is 6.75. The molecule has 1 fully saturated rings. The minimum Gasteiger partial charge on any atom is -0.472 e. The molecular formula is C9H11NO2. The minimum atomic E-state index is -0.200. The molecule has 1 aromatic rings. The molecule has 0 atom stereocenters. The van der Waals surface area contributed by atoms with Gasteiger partial charge in [-0.05, 0) is 18.9 Å². The molecule has 1 aliphatic rings. The molecule has 2 N–H and O–H groups in total. The first-order valence-electron chi connectivity index (χ1n) is 4.04. The number of carbonyl (C=O) groups is 1. The molecule has 3 nitrogen and oxygen atoms in total. The van der Waals surface area contributed by atoms with Crippen LogP contribution < -0.4 is 5.73 Å². The van der Waals surface area contributed by atoms with Crippen LogP contribution in [-0.4, -0.2) is 11.3 Å². The Kier molecular flexibility index (Phi) is 1.54. The first-order valence-corrected chi connectivity index (χ1v) is 4.04. The van der Waals surface area contributed by atoms with Crippen LogP contribution in [-0.2, 0) is 0 Å². The third kappa shape index (κ3) is 1.41. The Labute approximate surface area is 70.5 Å². The van der Waals surface area contributed by atoms with Crippen molar-refractivity contribution in [2.24, 2.45) is 5.73 Å². The van der Waals surface area contributed by atoms with Crippen LogP contribution in [0, 0.1) is 0 Å². The van der Waals surface area contributed by atoms with Crippen LogP contribution in [0.25, 0.3) is 0 Å². The molecule has 1 aromatic heterocycles. The van der Waals surface area contributed by atoms with Crippen molar-refractivity contribution >= 4 is 5.78 Å². The lowest BCUT2D eigenvalue weighted by Gasteiger charge is -2.04. The molecule has 0 radical (unpaired) electrons. The summed E-state index contributed by atoms with van der Waals surface area (Å²) in [6.45, 7) is 0. The number of hydrogen-bond acceptors (Lipinski definition) is 3. The van der Waals surface area contributed by atoms with E-state index in [1.807, 2.05) is 0 Å². The van der Waals surface area contributed by atoms with Gasteiger partial charge in [-0.15, -0.1) is 0 Å². The molecule has 0 spiro atoms. The van der Waals surface area contributed by atoms with Crippen LogP contribution >= 0.6 is 0 Å². The summed E-state index contributed by atoms with van der Waals surface area (Å²) >= 11 is 0. The molecule has 2 rings (SSSR count). The Morgan fingerprint density at radius 1 is 1.67 bits per heavy atom. The number of carbonyl (C=O) groups excluding carboxylic acids is 1. The highest BCUT2D eigenvalue weighted by Crippen LogP contribution is 2.36. The first-order chi connectivity index (χ1) is 5.70. The van der Waals surface area contributed by atoms with Crippen molar-refractivity contribution < 1.29 is 9.21 Å². The van der Waals surface area contributed by atoms with Gasteiger partial charge in [0, 0.05) is 12.0 Å². The van der Waals surface area contributed by atoms with Crippen LogP contribution in [0.1, 0.15) is 29.6 Å². The van der Waals surface area contributed by atoms with Crippen LogP contribution in [0.2, 0.25) is 0 Å². The molecule has 3 heteroatoms.